The summed E-state index contributed by atoms with van der Waals surface area (Å²) >= 11 is 8.35. The van der Waals surface area contributed by atoms with Crippen molar-refractivity contribution in [2.75, 3.05) is 16.8 Å². The summed E-state index contributed by atoms with van der Waals surface area (Å²) in [4.78, 5) is 56.6. The number of benzene rings is 3. The van der Waals surface area contributed by atoms with Crippen LogP contribution < -0.4 is 19.8 Å². The van der Waals surface area contributed by atoms with E-state index in [-0.39, 0.29) is 15.6 Å². The summed E-state index contributed by atoms with van der Waals surface area (Å²) in [6.45, 7) is -0.671. The van der Waals surface area contributed by atoms with Gasteiger partial charge in [-0.05, 0) is 42.5 Å². The molecule has 0 bridgehead atoms. The number of carbonyl (C=O) groups is 3. The molecule has 14 heteroatoms. The van der Waals surface area contributed by atoms with Gasteiger partial charge in [0.1, 0.15) is 11.0 Å². The maximum Gasteiger partial charge on any atom is 0.418 e. The van der Waals surface area contributed by atoms with Crippen LogP contribution in [0.5, 0.6) is 5.75 Å². The zero-order valence-electron chi connectivity index (χ0n) is 21.7. The molecule has 3 amide bonds. The molecular formula is C29H19ClF3N3O5S2. The van der Waals surface area contributed by atoms with E-state index in [1.807, 2.05) is 0 Å². The number of aromatic nitrogens is 1. The van der Waals surface area contributed by atoms with E-state index < -0.39 is 58.8 Å². The molecule has 1 saturated heterocycles. The average molecular weight is 646 g/mol. The molecule has 6 rings (SSSR count). The quantitative estimate of drug-likeness (QED) is 0.252. The van der Waals surface area contributed by atoms with Crippen LogP contribution in [-0.2, 0) is 20.6 Å². The van der Waals surface area contributed by atoms with Crippen LogP contribution >= 0.6 is 34.7 Å². The van der Waals surface area contributed by atoms with Gasteiger partial charge < -0.3 is 15.0 Å². The predicted octanol–water partition coefficient (Wildman–Crippen LogP) is 5.92. The van der Waals surface area contributed by atoms with Crippen molar-refractivity contribution in [2.24, 2.45) is 5.92 Å². The number of fused-ring (bicyclic) bond motifs is 2. The zero-order chi connectivity index (χ0) is 30.5. The number of anilines is 2. The van der Waals surface area contributed by atoms with Crippen molar-refractivity contribution in [3.63, 3.8) is 0 Å². The van der Waals surface area contributed by atoms with E-state index in [2.05, 4.69) is 10.3 Å². The largest absolute Gasteiger partial charge is 0.483 e. The van der Waals surface area contributed by atoms with Crippen LogP contribution in [0.3, 0.4) is 0 Å². The van der Waals surface area contributed by atoms with Gasteiger partial charge in [0.25, 0.3) is 5.91 Å². The molecule has 3 aromatic carbocycles. The maximum atomic E-state index is 13.9. The van der Waals surface area contributed by atoms with Gasteiger partial charge in [-0.3, -0.25) is 19.2 Å². The molecule has 4 aromatic rings. The number of aromatic amines is 1. The second-order valence-electron chi connectivity index (χ2n) is 9.66. The number of para-hydroxylation sites is 2. The third kappa shape index (κ3) is 5.43. The Bertz CT molecular complexity index is 1810. The first kappa shape index (κ1) is 29.0. The molecule has 0 saturated carbocycles. The molecule has 1 aromatic heterocycles. The van der Waals surface area contributed by atoms with Gasteiger partial charge in [-0.1, -0.05) is 65.0 Å². The summed E-state index contributed by atoms with van der Waals surface area (Å²) in [5.74, 6) is -3.45. The summed E-state index contributed by atoms with van der Waals surface area (Å²) in [6.07, 6.45) is -4.68. The molecule has 0 spiro atoms. The van der Waals surface area contributed by atoms with Crippen molar-refractivity contribution in [1.82, 2.24) is 4.98 Å². The average Bonchev–Trinajstić information content (AvgIpc) is 3.46. The van der Waals surface area contributed by atoms with Crippen molar-refractivity contribution in [1.29, 1.82) is 0 Å². The van der Waals surface area contributed by atoms with Gasteiger partial charge in [-0.2, -0.15) is 13.2 Å². The van der Waals surface area contributed by atoms with Gasteiger partial charge in [-0.25, -0.2) is 4.90 Å². The lowest BCUT2D eigenvalue weighted by Crippen LogP contribution is -2.32. The molecule has 0 radical (unpaired) electrons. The Morgan fingerprint density at radius 2 is 1.72 bits per heavy atom. The number of thiazole rings is 1. The van der Waals surface area contributed by atoms with Gasteiger partial charge >= 0.3 is 11.0 Å². The molecule has 220 valence electrons. The highest BCUT2D eigenvalue weighted by Crippen LogP contribution is 2.54. The Balaban J connectivity index is 1.34. The topological polar surface area (TPSA) is 109 Å². The molecule has 43 heavy (non-hydrogen) atoms. The van der Waals surface area contributed by atoms with Crippen LogP contribution in [0.2, 0.25) is 5.02 Å². The third-order valence-corrected chi connectivity index (χ3v) is 9.65. The van der Waals surface area contributed by atoms with Gasteiger partial charge in [-0.15, -0.1) is 0 Å². The number of alkyl halides is 3. The van der Waals surface area contributed by atoms with Crippen molar-refractivity contribution in [3.8, 4) is 5.75 Å². The number of thioether (sulfide) groups is 1. The Labute approximate surface area is 254 Å². The Kier molecular flexibility index (Phi) is 7.57. The lowest BCUT2D eigenvalue weighted by molar-refractivity contribution is -0.137. The normalized spacial score (nSPS) is 19.6. The maximum absolute atomic E-state index is 13.9. The zero-order valence-corrected chi connectivity index (χ0v) is 24.1. The number of H-pyrrole nitrogens is 1. The van der Waals surface area contributed by atoms with E-state index in [0.29, 0.717) is 21.2 Å². The number of amides is 3. The lowest BCUT2D eigenvalue weighted by Gasteiger charge is -2.31. The fourth-order valence-electron chi connectivity index (χ4n) is 5.25. The second-order valence-corrected chi connectivity index (χ2v) is 12.3. The minimum Gasteiger partial charge on any atom is -0.483 e. The first-order valence-corrected chi connectivity index (χ1v) is 14.8. The molecule has 1 fully saturated rings. The molecule has 3 heterocycles. The highest BCUT2D eigenvalue weighted by molar-refractivity contribution is 8.00. The summed E-state index contributed by atoms with van der Waals surface area (Å²) in [7, 11) is 0. The molecule has 8 nitrogen and oxygen atoms in total. The molecule has 2 aliphatic rings. The number of hydrogen-bond donors (Lipinski definition) is 2. The van der Waals surface area contributed by atoms with Gasteiger partial charge in [0, 0.05) is 21.4 Å². The predicted molar refractivity (Wildman–Crippen MR) is 156 cm³/mol. The van der Waals surface area contributed by atoms with Gasteiger partial charge in [0.2, 0.25) is 11.8 Å². The highest BCUT2D eigenvalue weighted by atomic mass is 35.5. The third-order valence-electron chi connectivity index (χ3n) is 7.01. The number of nitrogens with zero attached hydrogens (tertiary/aromatic N) is 1. The molecule has 2 N–H and O–H groups in total. The van der Waals surface area contributed by atoms with Crippen molar-refractivity contribution in [3.05, 3.63) is 103 Å². The van der Waals surface area contributed by atoms with Crippen LogP contribution in [0, 0.1) is 5.92 Å². The van der Waals surface area contributed by atoms with E-state index in [4.69, 9.17) is 16.3 Å². The second kappa shape index (κ2) is 11.2. The Morgan fingerprint density at radius 3 is 2.47 bits per heavy atom. The molecular weight excluding hydrogens is 627 g/mol. The highest BCUT2D eigenvalue weighted by Gasteiger charge is 2.56. The van der Waals surface area contributed by atoms with E-state index in [1.165, 1.54) is 30.3 Å². The number of ether oxygens (including phenoxy) is 1. The summed E-state index contributed by atoms with van der Waals surface area (Å²) in [6, 6.07) is 17.5. The molecule has 0 aliphatic carbocycles. The van der Waals surface area contributed by atoms with Gasteiger partial charge in [0.05, 0.1) is 27.9 Å². The fourth-order valence-corrected chi connectivity index (χ4v) is 7.93. The fraction of sp³-hybridized carbons (Fsp3) is 0.172. The van der Waals surface area contributed by atoms with E-state index in [9.17, 15) is 32.3 Å². The Hall–Kier alpha value is -4.07. The summed E-state index contributed by atoms with van der Waals surface area (Å²) in [5, 5.41) is 2.06. The van der Waals surface area contributed by atoms with E-state index >= 15 is 0 Å². The van der Waals surface area contributed by atoms with Crippen LogP contribution in [0.25, 0.3) is 0 Å². The summed E-state index contributed by atoms with van der Waals surface area (Å²) < 4.78 is 46.0. The summed E-state index contributed by atoms with van der Waals surface area (Å²) in [5.41, 5.74) is -0.686. The van der Waals surface area contributed by atoms with E-state index in [0.717, 1.165) is 40.1 Å². The number of carbonyl (C=O) groups excluding carboxylic acids is 3. The smallest absolute Gasteiger partial charge is 0.418 e. The van der Waals surface area contributed by atoms with Crippen LogP contribution in [0.15, 0.2) is 82.6 Å². The first-order valence-electron chi connectivity index (χ1n) is 12.7. The van der Waals surface area contributed by atoms with E-state index in [1.54, 1.807) is 30.3 Å². The monoisotopic (exact) mass is 645 g/mol. The van der Waals surface area contributed by atoms with Gasteiger partial charge in [0.15, 0.2) is 6.61 Å². The number of hydrogen-bond acceptors (Lipinski definition) is 7. The number of rotatable bonds is 6. The first-order chi connectivity index (χ1) is 20.5. The molecule has 0 unspecified atom stereocenters. The van der Waals surface area contributed by atoms with Crippen molar-refractivity contribution < 1.29 is 32.3 Å². The van der Waals surface area contributed by atoms with Crippen molar-refractivity contribution in [2.45, 2.75) is 22.4 Å². The number of halogens is 4. The SMILES string of the molecule is O=C(COc1ccc(Cl)cc1[C@@H]1c2sc(=O)[nH]c2S[C@H]2C(=O)N(c3ccccc3)C(=O)[C@@H]12)Nc1ccccc1C(F)(F)F. The minimum atomic E-state index is -4.68. The Morgan fingerprint density at radius 1 is 1.00 bits per heavy atom. The minimum absolute atomic E-state index is 0.115. The number of imide groups is 1. The molecule has 3 atom stereocenters. The van der Waals surface area contributed by atoms with Crippen LogP contribution in [-0.4, -0.2) is 34.6 Å². The number of nitrogens with one attached hydrogen (secondary N) is 2. The van der Waals surface area contributed by atoms with Crippen LogP contribution in [0.4, 0.5) is 24.5 Å². The lowest BCUT2D eigenvalue weighted by atomic mass is 9.82. The molecule has 2 aliphatic heterocycles. The standard InChI is InChI=1S/C29H19ClF3N3O5S2/c30-14-10-11-19(41-13-20(37)34-18-9-5-4-8-17(18)29(31,32)33)16(12-14)21-22-24(42-25-23(21)43-28(40)35-25)27(39)36(26(22)38)15-6-2-1-3-7-15/h1-12,21-22,24H,13H2,(H,34,37)(H,35,40)/t21-,22-,24+/m0/s1. The van der Waals surface area contributed by atoms with Crippen molar-refractivity contribution >= 4 is 63.8 Å². The van der Waals surface area contributed by atoms with Crippen LogP contribution in [0.1, 0.15) is 21.9 Å².